The number of carbonyl (C=O) groups excluding carboxylic acids is 1. The average Bonchev–Trinajstić information content (AvgIpc) is 3.29. The third kappa shape index (κ3) is 7.74. The van der Waals surface area contributed by atoms with Crippen molar-refractivity contribution in [2.75, 3.05) is 65.5 Å². The van der Waals surface area contributed by atoms with Gasteiger partial charge in [-0.2, -0.15) is 0 Å². The molecule has 0 atom stereocenters. The number of hydrogen-bond acceptors (Lipinski definition) is 4. The molecule has 0 unspecified atom stereocenters. The molecule has 0 aromatic heterocycles. The van der Waals surface area contributed by atoms with Crippen LogP contribution in [0.15, 0.2) is 23.2 Å². The first-order chi connectivity index (χ1) is 14.6. The first-order valence-corrected chi connectivity index (χ1v) is 10.7. The van der Waals surface area contributed by atoms with E-state index in [1.54, 1.807) is 0 Å². The molecule has 2 aliphatic rings. The van der Waals surface area contributed by atoms with E-state index in [1.807, 2.05) is 11.8 Å². The van der Waals surface area contributed by atoms with Crippen molar-refractivity contribution >= 4 is 35.8 Å². The normalized spacial score (nSPS) is 17.5. The molecule has 10 heteroatoms. The molecule has 1 aromatic rings. The first-order valence-electron chi connectivity index (χ1n) is 10.7. The zero-order valence-corrected chi connectivity index (χ0v) is 20.3. The molecule has 0 saturated carbocycles. The van der Waals surface area contributed by atoms with Gasteiger partial charge < -0.3 is 19.9 Å². The van der Waals surface area contributed by atoms with E-state index in [4.69, 9.17) is 4.74 Å². The van der Waals surface area contributed by atoms with Crippen LogP contribution in [0, 0.1) is 11.6 Å². The van der Waals surface area contributed by atoms with Crippen molar-refractivity contribution in [1.82, 2.24) is 20.0 Å². The summed E-state index contributed by atoms with van der Waals surface area (Å²) in [5, 5.41) is 3.29. The van der Waals surface area contributed by atoms with E-state index in [0.29, 0.717) is 13.1 Å². The zero-order valence-electron chi connectivity index (χ0n) is 18.0. The Bertz CT molecular complexity index is 738. The molecule has 1 aromatic carbocycles. The van der Waals surface area contributed by atoms with Crippen molar-refractivity contribution in [2.45, 2.75) is 19.8 Å². The van der Waals surface area contributed by atoms with E-state index in [9.17, 15) is 13.6 Å². The van der Waals surface area contributed by atoms with Crippen molar-refractivity contribution in [2.24, 2.45) is 4.99 Å². The van der Waals surface area contributed by atoms with E-state index >= 15 is 0 Å². The van der Waals surface area contributed by atoms with Crippen LogP contribution >= 0.6 is 24.0 Å². The summed E-state index contributed by atoms with van der Waals surface area (Å²) in [6, 6.07) is 3.48. The molecule has 0 bridgehead atoms. The average molecular weight is 551 g/mol. The van der Waals surface area contributed by atoms with Crippen LogP contribution in [0.25, 0.3) is 0 Å². The number of benzene rings is 1. The van der Waals surface area contributed by atoms with Crippen LogP contribution in [-0.4, -0.2) is 92.1 Å². The van der Waals surface area contributed by atoms with E-state index in [1.165, 1.54) is 6.07 Å². The van der Waals surface area contributed by atoms with Gasteiger partial charge in [0.15, 0.2) is 17.6 Å². The lowest BCUT2D eigenvalue weighted by Crippen LogP contribution is -2.54. The maximum Gasteiger partial charge on any atom is 0.236 e. The summed E-state index contributed by atoms with van der Waals surface area (Å²) >= 11 is 0. The number of likely N-dealkylation sites (tertiary alicyclic amines) is 1. The minimum absolute atomic E-state index is 0. The summed E-state index contributed by atoms with van der Waals surface area (Å²) in [5.41, 5.74) is 0. The molecular weight excluding hydrogens is 519 g/mol. The van der Waals surface area contributed by atoms with Gasteiger partial charge >= 0.3 is 0 Å². The standard InChI is InChI=1S/C21H31F2N5O2.HI/c1-2-24-21(25-7-14-30-17-5-6-18(22)19(23)15-17)28-12-10-26(11-13-28)16-20(29)27-8-3-4-9-27;/h5-6,15H,2-4,7-14,16H2,1H3,(H,24,25);1H. The van der Waals surface area contributed by atoms with Crippen molar-refractivity contribution in [1.29, 1.82) is 0 Å². The van der Waals surface area contributed by atoms with Crippen LogP contribution in [0.5, 0.6) is 5.75 Å². The van der Waals surface area contributed by atoms with Crippen LogP contribution in [-0.2, 0) is 4.79 Å². The summed E-state index contributed by atoms with van der Waals surface area (Å²) in [6.45, 7) is 8.92. The van der Waals surface area contributed by atoms with E-state index < -0.39 is 11.6 Å². The van der Waals surface area contributed by atoms with Gasteiger partial charge in [-0.3, -0.25) is 9.69 Å². The van der Waals surface area contributed by atoms with E-state index in [0.717, 1.165) is 76.7 Å². The number of ether oxygens (including phenoxy) is 1. The highest BCUT2D eigenvalue weighted by molar-refractivity contribution is 14.0. The topological polar surface area (TPSA) is 60.4 Å². The molecule has 174 valence electrons. The maximum atomic E-state index is 13.2. The van der Waals surface area contributed by atoms with Crippen LogP contribution in [0.4, 0.5) is 8.78 Å². The van der Waals surface area contributed by atoms with Gasteiger partial charge in [-0.25, -0.2) is 13.8 Å². The number of piperazine rings is 1. The highest BCUT2D eigenvalue weighted by Crippen LogP contribution is 2.15. The molecule has 31 heavy (non-hydrogen) atoms. The zero-order chi connectivity index (χ0) is 21.3. The van der Waals surface area contributed by atoms with Crippen molar-refractivity contribution in [3.05, 3.63) is 29.8 Å². The number of hydrogen-bond donors (Lipinski definition) is 1. The van der Waals surface area contributed by atoms with Gasteiger partial charge in [-0.15, -0.1) is 24.0 Å². The van der Waals surface area contributed by atoms with Crippen molar-refractivity contribution in [3.63, 3.8) is 0 Å². The minimum atomic E-state index is -0.926. The van der Waals surface area contributed by atoms with Crippen molar-refractivity contribution in [3.8, 4) is 5.75 Å². The molecule has 2 aliphatic heterocycles. The second-order valence-corrected chi connectivity index (χ2v) is 7.51. The Hall–Kier alpha value is -1.69. The first kappa shape index (κ1) is 25.6. The van der Waals surface area contributed by atoms with Crippen LogP contribution in [0.3, 0.4) is 0 Å². The Morgan fingerprint density at radius 3 is 2.42 bits per heavy atom. The van der Waals surface area contributed by atoms with Gasteiger partial charge in [0.05, 0.1) is 13.1 Å². The fraction of sp³-hybridized carbons (Fsp3) is 0.619. The lowest BCUT2D eigenvalue weighted by Gasteiger charge is -2.36. The van der Waals surface area contributed by atoms with Gasteiger partial charge in [-0.05, 0) is 31.9 Å². The second-order valence-electron chi connectivity index (χ2n) is 7.51. The maximum absolute atomic E-state index is 13.2. The Kier molecular flexibility index (Phi) is 10.7. The lowest BCUT2D eigenvalue weighted by molar-refractivity contribution is -0.131. The molecule has 7 nitrogen and oxygen atoms in total. The highest BCUT2D eigenvalue weighted by Gasteiger charge is 2.24. The predicted molar refractivity (Wildman–Crippen MR) is 127 cm³/mol. The molecule has 1 N–H and O–H groups in total. The van der Waals surface area contributed by atoms with Crippen LogP contribution in [0.1, 0.15) is 19.8 Å². The van der Waals surface area contributed by atoms with Crippen LogP contribution in [0.2, 0.25) is 0 Å². The number of nitrogens with one attached hydrogen (secondary N) is 1. The molecule has 2 fully saturated rings. The molecular formula is C21H32F2IN5O2. The molecule has 0 spiro atoms. The molecule has 2 saturated heterocycles. The number of carbonyl (C=O) groups is 1. The third-order valence-electron chi connectivity index (χ3n) is 5.34. The minimum Gasteiger partial charge on any atom is -0.492 e. The number of nitrogens with zero attached hydrogens (tertiary/aromatic N) is 4. The van der Waals surface area contributed by atoms with Gasteiger partial charge in [-0.1, -0.05) is 0 Å². The van der Waals surface area contributed by atoms with Gasteiger partial charge in [0.1, 0.15) is 12.4 Å². The Labute approximate surface area is 199 Å². The number of rotatable bonds is 7. The lowest BCUT2D eigenvalue weighted by atomic mass is 10.3. The summed E-state index contributed by atoms with van der Waals surface area (Å²) in [4.78, 5) is 23.3. The van der Waals surface area contributed by atoms with Gasteiger partial charge in [0.2, 0.25) is 5.91 Å². The Balaban J connectivity index is 0.00000341. The molecule has 3 rings (SSSR count). The molecule has 0 radical (unpaired) electrons. The monoisotopic (exact) mass is 551 g/mol. The molecule has 1 amide bonds. The SMILES string of the molecule is CCNC(=NCCOc1ccc(F)c(F)c1)N1CCN(CC(=O)N2CCCC2)CC1.I. The number of amides is 1. The fourth-order valence-corrected chi connectivity index (χ4v) is 3.68. The summed E-state index contributed by atoms with van der Waals surface area (Å²) in [7, 11) is 0. The highest BCUT2D eigenvalue weighted by atomic mass is 127. The van der Waals surface area contributed by atoms with Gasteiger partial charge in [0, 0.05) is 51.9 Å². The summed E-state index contributed by atoms with van der Waals surface area (Å²) < 4.78 is 31.7. The molecule has 0 aliphatic carbocycles. The smallest absolute Gasteiger partial charge is 0.236 e. The number of halogens is 3. The van der Waals surface area contributed by atoms with E-state index in [2.05, 4.69) is 20.1 Å². The van der Waals surface area contributed by atoms with Crippen molar-refractivity contribution < 1.29 is 18.3 Å². The fourth-order valence-electron chi connectivity index (χ4n) is 3.68. The second kappa shape index (κ2) is 13.0. The van der Waals surface area contributed by atoms with E-state index in [-0.39, 0.29) is 42.2 Å². The van der Waals surface area contributed by atoms with Gasteiger partial charge in [0.25, 0.3) is 0 Å². The third-order valence-corrected chi connectivity index (χ3v) is 5.34. The Morgan fingerprint density at radius 2 is 1.77 bits per heavy atom. The quantitative estimate of drug-likeness (QED) is 0.244. The predicted octanol–water partition coefficient (Wildman–Crippen LogP) is 2.17. The Morgan fingerprint density at radius 1 is 1.06 bits per heavy atom. The van der Waals surface area contributed by atoms with Crippen LogP contribution < -0.4 is 10.1 Å². The number of aliphatic imine (C=N–C) groups is 1. The largest absolute Gasteiger partial charge is 0.492 e. The number of guanidine groups is 1. The summed E-state index contributed by atoms with van der Waals surface area (Å²) in [5.74, 6) is -0.500. The summed E-state index contributed by atoms with van der Waals surface area (Å²) in [6.07, 6.45) is 2.23. The molecule has 2 heterocycles.